The Morgan fingerprint density at radius 3 is 3.00 bits per heavy atom. The average Bonchev–Trinajstić information content (AvgIpc) is 2.47. The molecule has 1 fully saturated rings. The van der Waals surface area contributed by atoms with Crippen molar-refractivity contribution in [2.75, 3.05) is 19.6 Å². The molecule has 1 heterocycles. The Morgan fingerprint density at radius 2 is 2.50 bits per heavy atom. The molecule has 0 spiro atoms. The lowest BCUT2D eigenvalue weighted by molar-refractivity contribution is 0.310. The van der Waals surface area contributed by atoms with Crippen molar-refractivity contribution < 1.29 is 5.21 Å². The van der Waals surface area contributed by atoms with Crippen LogP contribution >= 0.6 is 0 Å². The van der Waals surface area contributed by atoms with Crippen LogP contribution in [0.15, 0.2) is 5.16 Å². The lowest BCUT2D eigenvalue weighted by atomic mass is 10.2. The van der Waals surface area contributed by atoms with Crippen LogP contribution in [0.4, 0.5) is 0 Å². The predicted octanol–water partition coefficient (Wildman–Crippen LogP) is 0.465. The first kappa shape index (κ1) is 9.32. The molecule has 0 aromatic rings. The molecular formula is C8H17N3O. The molecule has 0 bridgehead atoms. The molecule has 1 aliphatic rings. The minimum absolute atomic E-state index is 0.328. The Kier molecular flexibility index (Phi) is 3.34. The zero-order valence-corrected chi connectivity index (χ0v) is 7.53. The van der Waals surface area contributed by atoms with Crippen LogP contribution in [0.25, 0.3) is 0 Å². The van der Waals surface area contributed by atoms with Crippen molar-refractivity contribution in [1.82, 2.24) is 4.90 Å². The van der Waals surface area contributed by atoms with Gasteiger partial charge in [-0.2, -0.15) is 0 Å². The minimum atomic E-state index is 0.328. The van der Waals surface area contributed by atoms with Crippen LogP contribution in [0, 0.1) is 5.92 Å². The number of hydrogen-bond acceptors (Lipinski definition) is 3. The molecule has 0 saturated carbocycles. The van der Waals surface area contributed by atoms with Gasteiger partial charge >= 0.3 is 0 Å². The monoisotopic (exact) mass is 171 g/mol. The SMILES string of the molecule is CC1CCN(CCC(N)=NO)C1. The van der Waals surface area contributed by atoms with E-state index in [0.717, 1.165) is 25.6 Å². The molecule has 12 heavy (non-hydrogen) atoms. The predicted molar refractivity (Wildman–Crippen MR) is 48.2 cm³/mol. The Hall–Kier alpha value is -0.770. The standard InChI is InChI=1S/C8H17N3O/c1-7-2-4-11(6-7)5-3-8(9)10-12/h7,12H,2-6H2,1H3,(H2,9,10). The summed E-state index contributed by atoms with van der Waals surface area (Å²) in [5.74, 6) is 1.13. The van der Waals surface area contributed by atoms with Crippen LogP contribution in [-0.4, -0.2) is 35.6 Å². The molecule has 0 aromatic carbocycles. The van der Waals surface area contributed by atoms with Crippen LogP contribution in [0.2, 0.25) is 0 Å². The summed E-state index contributed by atoms with van der Waals surface area (Å²) in [5, 5.41) is 11.2. The van der Waals surface area contributed by atoms with E-state index in [1.807, 2.05) is 0 Å². The van der Waals surface area contributed by atoms with Gasteiger partial charge in [-0.3, -0.25) is 0 Å². The molecule has 1 unspecified atom stereocenters. The van der Waals surface area contributed by atoms with E-state index >= 15 is 0 Å². The fourth-order valence-corrected chi connectivity index (χ4v) is 1.55. The number of rotatable bonds is 3. The number of nitrogens with two attached hydrogens (primary N) is 1. The Labute approximate surface area is 73.0 Å². The first-order valence-electron chi connectivity index (χ1n) is 4.41. The fraction of sp³-hybridized carbons (Fsp3) is 0.875. The maximum absolute atomic E-state index is 8.31. The summed E-state index contributed by atoms with van der Waals surface area (Å²) in [6, 6.07) is 0. The maximum Gasteiger partial charge on any atom is 0.140 e. The molecule has 0 amide bonds. The summed E-state index contributed by atoms with van der Waals surface area (Å²) in [5.41, 5.74) is 5.36. The molecule has 1 saturated heterocycles. The summed E-state index contributed by atoms with van der Waals surface area (Å²) in [7, 11) is 0. The van der Waals surface area contributed by atoms with Gasteiger partial charge in [-0.1, -0.05) is 12.1 Å². The van der Waals surface area contributed by atoms with Crippen molar-refractivity contribution in [3.63, 3.8) is 0 Å². The molecule has 0 radical (unpaired) electrons. The van der Waals surface area contributed by atoms with E-state index in [2.05, 4.69) is 17.0 Å². The lowest BCUT2D eigenvalue weighted by Gasteiger charge is -2.13. The molecule has 1 aliphatic heterocycles. The van der Waals surface area contributed by atoms with Gasteiger partial charge in [0, 0.05) is 19.5 Å². The van der Waals surface area contributed by atoms with Crippen molar-refractivity contribution >= 4 is 5.84 Å². The number of hydrogen-bond donors (Lipinski definition) is 2. The van der Waals surface area contributed by atoms with E-state index < -0.39 is 0 Å². The van der Waals surface area contributed by atoms with Crippen molar-refractivity contribution in [1.29, 1.82) is 0 Å². The van der Waals surface area contributed by atoms with Crippen molar-refractivity contribution in [2.45, 2.75) is 19.8 Å². The number of likely N-dealkylation sites (tertiary alicyclic amines) is 1. The zero-order valence-electron chi connectivity index (χ0n) is 7.53. The molecule has 3 N–H and O–H groups in total. The first-order chi connectivity index (χ1) is 5.72. The Bertz CT molecular complexity index is 170. The van der Waals surface area contributed by atoms with Gasteiger partial charge in [0.25, 0.3) is 0 Å². The van der Waals surface area contributed by atoms with Crippen LogP contribution in [0.3, 0.4) is 0 Å². The lowest BCUT2D eigenvalue weighted by Crippen LogP contribution is -2.26. The molecule has 4 heteroatoms. The minimum Gasteiger partial charge on any atom is -0.409 e. The molecular weight excluding hydrogens is 154 g/mol. The van der Waals surface area contributed by atoms with Gasteiger partial charge in [-0.05, 0) is 18.9 Å². The van der Waals surface area contributed by atoms with Gasteiger partial charge in [-0.25, -0.2) is 0 Å². The summed E-state index contributed by atoms with van der Waals surface area (Å²) in [6.45, 7) is 5.47. The third-order valence-corrected chi connectivity index (χ3v) is 2.32. The highest BCUT2D eigenvalue weighted by Crippen LogP contribution is 2.14. The molecule has 1 rings (SSSR count). The van der Waals surface area contributed by atoms with Crippen LogP contribution in [-0.2, 0) is 0 Å². The second-order valence-electron chi connectivity index (χ2n) is 3.54. The van der Waals surface area contributed by atoms with Crippen LogP contribution < -0.4 is 5.73 Å². The largest absolute Gasteiger partial charge is 0.409 e. The number of nitrogens with zero attached hydrogens (tertiary/aromatic N) is 2. The third-order valence-electron chi connectivity index (χ3n) is 2.32. The van der Waals surface area contributed by atoms with Gasteiger partial charge in [0.05, 0.1) is 0 Å². The molecule has 0 aromatic heterocycles. The second-order valence-corrected chi connectivity index (χ2v) is 3.54. The summed E-state index contributed by atoms with van der Waals surface area (Å²) >= 11 is 0. The smallest absolute Gasteiger partial charge is 0.140 e. The zero-order chi connectivity index (χ0) is 8.97. The van der Waals surface area contributed by atoms with E-state index in [-0.39, 0.29) is 0 Å². The number of amidine groups is 1. The highest BCUT2D eigenvalue weighted by Gasteiger charge is 2.17. The van der Waals surface area contributed by atoms with Gasteiger partial charge in [0.2, 0.25) is 0 Å². The first-order valence-corrected chi connectivity index (χ1v) is 4.41. The van der Waals surface area contributed by atoms with E-state index in [0.29, 0.717) is 12.3 Å². The topological polar surface area (TPSA) is 61.8 Å². The Morgan fingerprint density at radius 1 is 1.75 bits per heavy atom. The third kappa shape index (κ3) is 2.70. The Balaban J connectivity index is 2.16. The van der Waals surface area contributed by atoms with Crippen LogP contribution in [0.5, 0.6) is 0 Å². The average molecular weight is 171 g/mol. The maximum atomic E-state index is 8.31. The van der Waals surface area contributed by atoms with Crippen molar-refractivity contribution in [3.05, 3.63) is 0 Å². The number of oxime groups is 1. The van der Waals surface area contributed by atoms with Gasteiger partial charge in [0.15, 0.2) is 0 Å². The normalized spacial score (nSPS) is 26.4. The fourth-order valence-electron chi connectivity index (χ4n) is 1.55. The highest BCUT2D eigenvalue weighted by atomic mass is 16.4. The van der Waals surface area contributed by atoms with Gasteiger partial charge in [0.1, 0.15) is 5.84 Å². The van der Waals surface area contributed by atoms with E-state index in [1.165, 1.54) is 6.42 Å². The van der Waals surface area contributed by atoms with E-state index in [1.54, 1.807) is 0 Å². The summed E-state index contributed by atoms with van der Waals surface area (Å²) in [4.78, 5) is 2.35. The highest BCUT2D eigenvalue weighted by molar-refractivity contribution is 5.79. The molecule has 0 aliphatic carbocycles. The molecule has 70 valence electrons. The molecule has 1 atom stereocenters. The van der Waals surface area contributed by atoms with Gasteiger partial charge in [-0.15, -0.1) is 0 Å². The second kappa shape index (κ2) is 4.30. The van der Waals surface area contributed by atoms with Gasteiger partial charge < -0.3 is 15.8 Å². The van der Waals surface area contributed by atoms with E-state index in [9.17, 15) is 0 Å². The summed E-state index contributed by atoms with van der Waals surface area (Å²) in [6.07, 6.45) is 1.94. The van der Waals surface area contributed by atoms with E-state index in [4.69, 9.17) is 10.9 Å². The van der Waals surface area contributed by atoms with Crippen LogP contribution in [0.1, 0.15) is 19.8 Å². The van der Waals surface area contributed by atoms with Crippen molar-refractivity contribution in [3.8, 4) is 0 Å². The quantitative estimate of drug-likeness (QED) is 0.281. The summed E-state index contributed by atoms with van der Waals surface area (Å²) < 4.78 is 0. The molecule has 4 nitrogen and oxygen atoms in total. The van der Waals surface area contributed by atoms with Crippen molar-refractivity contribution in [2.24, 2.45) is 16.8 Å².